The molecule has 1 aromatic rings. The van der Waals surface area contributed by atoms with E-state index in [-0.39, 0.29) is 6.42 Å². The summed E-state index contributed by atoms with van der Waals surface area (Å²) in [6.45, 7) is -0.538. The van der Waals surface area contributed by atoms with E-state index in [0.29, 0.717) is 12.2 Å². The molecule has 0 aromatic heterocycles. The molecule has 1 aromatic carbocycles. The number of rotatable bonds is 6. The molecule has 5 N–H and O–H groups in total. The number of aryl methyl sites for hydroxylation is 1. The van der Waals surface area contributed by atoms with Crippen molar-refractivity contribution in [2.24, 2.45) is 0 Å². The van der Waals surface area contributed by atoms with Gasteiger partial charge in [0.1, 0.15) is 30.2 Å². The quantitative estimate of drug-likeness (QED) is 0.443. The van der Waals surface area contributed by atoms with Gasteiger partial charge in [0.05, 0.1) is 6.61 Å². The van der Waals surface area contributed by atoms with Gasteiger partial charge in [-0.15, -0.1) is 0 Å². The van der Waals surface area contributed by atoms with Crippen molar-refractivity contribution in [1.82, 2.24) is 0 Å². The van der Waals surface area contributed by atoms with Gasteiger partial charge in [-0.05, 0) is 24.1 Å². The zero-order valence-electron chi connectivity index (χ0n) is 12.3. The van der Waals surface area contributed by atoms with E-state index in [9.17, 15) is 20.1 Å². The molecule has 23 heavy (non-hydrogen) atoms. The molecule has 0 bridgehead atoms. The number of aliphatic hydroxyl groups is 4. The third kappa shape index (κ3) is 4.40. The lowest BCUT2D eigenvalue weighted by Crippen LogP contribution is -2.60. The first-order valence-electron chi connectivity index (χ1n) is 7.20. The highest BCUT2D eigenvalue weighted by atomic mass is 16.7. The van der Waals surface area contributed by atoms with E-state index in [1.54, 1.807) is 24.3 Å². The fraction of sp³-hybridized carbons (Fsp3) is 0.533. The molecule has 5 atom stereocenters. The zero-order valence-corrected chi connectivity index (χ0v) is 12.3. The third-order valence-electron chi connectivity index (χ3n) is 3.63. The summed E-state index contributed by atoms with van der Waals surface area (Å²) in [5.74, 6) is -0.595. The van der Waals surface area contributed by atoms with E-state index in [4.69, 9.17) is 19.7 Å². The Morgan fingerprint density at radius 2 is 1.91 bits per heavy atom. The molecule has 8 heteroatoms. The second kappa shape index (κ2) is 7.71. The second-order valence-electron chi connectivity index (χ2n) is 5.36. The molecule has 8 nitrogen and oxygen atoms in total. The number of carbonyl (C=O) groups is 1. The van der Waals surface area contributed by atoms with E-state index in [1.807, 2.05) is 0 Å². The summed E-state index contributed by atoms with van der Waals surface area (Å²) in [5, 5.41) is 47.1. The molecule has 1 aliphatic heterocycles. The molecule has 0 aliphatic carbocycles. The normalized spacial score (nSPS) is 30.9. The van der Waals surface area contributed by atoms with E-state index in [0.717, 1.165) is 5.56 Å². The molecular weight excluding hydrogens is 308 g/mol. The average Bonchev–Trinajstić information content (AvgIpc) is 2.54. The van der Waals surface area contributed by atoms with E-state index in [1.165, 1.54) is 0 Å². The van der Waals surface area contributed by atoms with Crippen LogP contribution in [-0.2, 0) is 16.0 Å². The van der Waals surface area contributed by atoms with Crippen LogP contribution < -0.4 is 4.74 Å². The van der Waals surface area contributed by atoms with Crippen LogP contribution in [-0.4, -0.2) is 68.8 Å². The molecule has 1 fully saturated rings. The minimum atomic E-state index is -1.51. The van der Waals surface area contributed by atoms with E-state index >= 15 is 0 Å². The maximum absolute atomic E-state index is 10.6. The molecule has 2 rings (SSSR count). The summed E-state index contributed by atoms with van der Waals surface area (Å²) in [6, 6.07) is 6.59. The first-order valence-corrected chi connectivity index (χ1v) is 7.20. The van der Waals surface area contributed by atoms with Crippen LogP contribution in [0.1, 0.15) is 12.0 Å². The van der Waals surface area contributed by atoms with Crippen molar-refractivity contribution in [2.45, 2.75) is 43.5 Å². The Balaban J connectivity index is 2.05. The van der Waals surface area contributed by atoms with Crippen LogP contribution in [0.15, 0.2) is 24.3 Å². The summed E-state index contributed by atoms with van der Waals surface area (Å²) in [4.78, 5) is 10.6. The SMILES string of the molecule is O=C(O)CCc1cccc(O[C@@H]2O[C@H](CO)[C@@H](O)[C@H](O)[C@H]2O)c1. The number of benzene rings is 1. The lowest BCUT2D eigenvalue weighted by atomic mass is 9.99. The molecule has 0 amide bonds. The number of carboxylic acid groups (broad SMARTS) is 1. The second-order valence-corrected chi connectivity index (χ2v) is 5.36. The third-order valence-corrected chi connectivity index (χ3v) is 3.63. The van der Waals surface area contributed by atoms with Gasteiger partial charge in [0.25, 0.3) is 0 Å². The van der Waals surface area contributed by atoms with Gasteiger partial charge in [0.15, 0.2) is 0 Å². The number of aliphatic carboxylic acids is 1. The van der Waals surface area contributed by atoms with Gasteiger partial charge in [0, 0.05) is 6.42 Å². The van der Waals surface area contributed by atoms with Crippen LogP contribution in [0.25, 0.3) is 0 Å². The van der Waals surface area contributed by atoms with Crippen LogP contribution in [0.4, 0.5) is 0 Å². The zero-order chi connectivity index (χ0) is 17.0. The number of ether oxygens (including phenoxy) is 2. The monoisotopic (exact) mass is 328 g/mol. The van der Waals surface area contributed by atoms with Gasteiger partial charge >= 0.3 is 5.97 Å². The van der Waals surface area contributed by atoms with Crippen LogP contribution in [0.2, 0.25) is 0 Å². The smallest absolute Gasteiger partial charge is 0.303 e. The molecule has 0 radical (unpaired) electrons. The van der Waals surface area contributed by atoms with Gasteiger partial charge in [-0.25, -0.2) is 0 Å². The molecule has 0 spiro atoms. The molecule has 1 saturated heterocycles. The van der Waals surface area contributed by atoms with Crippen molar-refractivity contribution in [3.63, 3.8) is 0 Å². The van der Waals surface area contributed by atoms with Crippen molar-refractivity contribution in [2.75, 3.05) is 6.61 Å². The molecule has 0 unspecified atom stereocenters. The highest BCUT2D eigenvalue weighted by Crippen LogP contribution is 2.25. The first-order chi connectivity index (χ1) is 10.9. The van der Waals surface area contributed by atoms with Gasteiger partial charge in [0.2, 0.25) is 6.29 Å². The van der Waals surface area contributed by atoms with Crippen molar-refractivity contribution in [3.05, 3.63) is 29.8 Å². The Labute approximate surface area is 132 Å². The van der Waals surface area contributed by atoms with Crippen LogP contribution in [0.5, 0.6) is 5.75 Å². The van der Waals surface area contributed by atoms with Crippen molar-refractivity contribution >= 4 is 5.97 Å². The Bertz CT molecular complexity index is 532. The van der Waals surface area contributed by atoms with Crippen LogP contribution in [0.3, 0.4) is 0 Å². The van der Waals surface area contributed by atoms with Crippen LogP contribution >= 0.6 is 0 Å². The Kier molecular flexibility index (Phi) is 5.91. The number of hydrogen-bond donors (Lipinski definition) is 5. The van der Waals surface area contributed by atoms with Crippen molar-refractivity contribution < 1.29 is 39.8 Å². The molecule has 0 saturated carbocycles. The first kappa shape index (κ1) is 17.6. The summed E-state index contributed by atoms with van der Waals surface area (Å²) >= 11 is 0. The summed E-state index contributed by atoms with van der Waals surface area (Å²) in [6.07, 6.45) is -6.47. The van der Waals surface area contributed by atoms with Gasteiger partial charge in [-0.1, -0.05) is 12.1 Å². The fourth-order valence-electron chi connectivity index (χ4n) is 2.32. The van der Waals surface area contributed by atoms with Gasteiger partial charge < -0.3 is 35.0 Å². The minimum absolute atomic E-state index is 0.0243. The van der Waals surface area contributed by atoms with Crippen molar-refractivity contribution in [3.8, 4) is 5.75 Å². The average molecular weight is 328 g/mol. The maximum Gasteiger partial charge on any atom is 0.303 e. The fourth-order valence-corrected chi connectivity index (χ4v) is 2.32. The minimum Gasteiger partial charge on any atom is -0.481 e. The lowest BCUT2D eigenvalue weighted by molar-refractivity contribution is -0.277. The molecule has 1 aliphatic rings. The maximum atomic E-state index is 10.6. The Morgan fingerprint density at radius 1 is 1.17 bits per heavy atom. The largest absolute Gasteiger partial charge is 0.481 e. The Morgan fingerprint density at radius 3 is 2.57 bits per heavy atom. The van der Waals surface area contributed by atoms with Crippen molar-refractivity contribution in [1.29, 1.82) is 0 Å². The van der Waals surface area contributed by atoms with Gasteiger partial charge in [-0.2, -0.15) is 0 Å². The number of aliphatic hydroxyl groups excluding tert-OH is 4. The standard InChI is InChI=1S/C15H20O8/c16-7-10-12(19)13(20)14(21)15(23-10)22-9-3-1-2-8(6-9)4-5-11(17)18/h1-3,6,10,12-16,19-21H,4-5,7H2,(H,17,18)/t10-,12-,13+,14-,15-/m1/s1. The Hall–Kier alpha value is -1.71. The summed E-state index contributed by atoms with van der Waals surface area (Å²) in [7, 11) is 0. The number of hydrogen-bond acceptors (Lipinski definition) is 7. The summed E-state index contributed by atoms with van der Waals surface area (Å²) < 4.78 is 10.7. The topological polar surface area (TPSA) is 137 Å². The van der Waals surface area contributed by atoms with E-state index < -0.39 is 43.3 Å². The molecule has 128 valence electrons. The van der Waals surface area contributed by atoms with E-state index in [2.05, 4.69) is 0 Å². The highest BCUT2D eigenvalue weighted by Gasteiger charge is 2.44. The lowest BCUT2D eigenvalue weighted by Gasteiger charge is -2.39. The summed E-state index contributed by atoms with van der Waals surface area (Å²) in [5.41, 5.74) is 0.731. The predicted molar refractivity (Wildman–Crippen MR) is 76.8 cm³/mol. The molecule has 1 heterocycles. The molecular formula is C15H20O8. The predicted octanol–water partition coefficient (Wildman–Crippen LogP) is -1.12. The van der Waals surface area contributed by atoms with Gasteiger partial charge in [-0.3, -0.25) is 4.79 Å². The van der Waals surface area contributed by atoms with Crippen LogP contribution in [0, 0.1) is 0 Å². The number of carboxylic acids is 1. The highest BCUT2D eigenvalue weighted by molar-refractivity contribution is 5.67.